The van der Waals surface area contributed by atoms with Crippen molar-refractivity contribution in [3.05, 3.63) is 35.9 Å². The van der Waals surface area contributed by atoms with Gasteiger partial charge in [-0.2, -0.15) is 0 Å². The monoisotopic (exact) mass is 197 g/mol. The van der Waals surface area contributed by atoms with E-state index in [0.29, 0.717) is 0 Å². The van der Waals surface area contributed by atoms with Crippen LogP contribution >= 0.6 is 11.6 Å². The highest BCUT2D eigenvalue weighted by Gasteiger charge is 2.03. The summed E-state index contributed by atoms with van der Waals surface area (Å²) >= 11 is 5.59. The predicted octanol–water partition coefficient (Wildman–Crippen LogP) is 3.10. The van der Waals surface area contributed by atoms with E-state index in [0.717, 1.165) is 25.1 Å². The Balaban J connectivity index is 2.35. The summed E-state index contributed by atoms with van der Waals surface area (Å²) in [6, 6.07) is 10.4. The van der Waals surface area contributed by atoms with Gasteiger partial charge in [0.1, 0.15) is 0 Å². The van der Waals surface area contributed by atoms with Gasteiger partial charge < -0.3 is 5.73 Å². The predicted molar refractivity (Wildman–Crippen MR) is 57.9 cm³/mol. The average molecular weight is 198 g/mol. The Morgan fingerprint density at radius 1 is 1.15 bits per heavy atom. The third-order valence-corrected chi connectivity index (χ3v) is 2.39. The molecular weight excluding hydrogens is 182 g/mol. The van der Waals surface area contributed by atoms with Gasteiger partial charge in [0.2, 0.25) is 0 Å². The summed E-state index contributed by atoms with van der Waals surface area (Å²) < 4.78 is 0. The molecule has 0 spiro atoms. The second kappa shape index (κ2) is 6.01. The van der Waals surface area contributed by atoms with Crippen molar-refractivity contribution in [2.75, 3.05) is 5.88 Å². The fraction of sp³-hybridized carbons (Fsp3) is 0.455. The van der Waals surface area contributed by atoms with E-state index in [2.05, 4.69) is 12.1 Å². The van der Waals surface area contributed by atoms with Crippen LogP contribution in [0.3, 0.4) is 0 Å². The average Bonchev–Trinajstić information content (AvgIpc) is 2.19. The van der Waals surface area contributed by atoms with E-state index < -0.39 is 0 Å². The number of halogens is 1. The van der Waals surface area contributed by atoms with Gasteiger partial charge in [0.25, 0.3) is 0 Å². The second-order valence-electron chi connectivity index (χ2n) is 3.20. The smallest absolute Gasteiger partial charge is 0.0294 e. The largest absolute Gasteiger partial charge is 0.324 e. The van der Waals surface area contributed by atoms with Crippen LogP contribution in [0.5, 0.6) is 0 Å². The Kier molecular flexibility index (Phi) is 4.87. The van der Waals surface area contributed by atoms with E-state index in [4.69, 9.17) is 17.3 Å². The van der Waals surface area contributed by atoms with Crippen molar-refractivity contribution in [2.24, 2.45) is 5.73 Å². The summed E-state index contributed by atoms with van der Waals surface area (Å²) in [5.74, 6) is 0.738. The number of alkyl halides is 1. The normalized spacial score (nSPS) is 12.8. The number of unbranched alkanes of at least 4 members (excludes halogenated alkanes) is 1. The Morgan fingerprint density at radius 2 is 1.85 bits per heavy atom. The molecule has 0 aliphatic heterocycles. The number of benzene rings is 1. The van der Waals surface area contributed by atoms with Crippen LogP contribution in [0.4, 0.5) is 0 Å². The van der Waals surface area contributed by atoms with Gasteiger partial charge in [-0.1, -0.05) is 36.8 Å². The molecule has 0 saturated heterocycles. The summed E-state index contributed by atoms with van der Waals surface area (Å²) in [6.07, 6.45) is 3.19. The first-order valence-corrected chi connectivity index (χ1v) is 5.24. The van der Waals surface area contributed by atoms with Gasteiger partial charge >= 0.3 is 0 Å². The Bertz CT molecular complexity index is 223. The molecule has 0 aliphatic carbocycles. The standard InChI is InChI=1S/C11H16ClN/c12-9-5-4-8-11(13)10-6-2-1-3-7-10/h1-3,6-7,11H,4-5,8-9,13H2. The van der Waals surface area contributed by atoms with Crippen molar-refractivity contribution in [2.45, 2.75) is 25.3 Å². The minimum absolute atomic E-state index is 0.171. The summed E-state index contributed by atoms with van der Waals surface area (Å²) in [4.78, 5) is 0. The van der Waals surface area contributed by atoms with Crippen LogP contribution in [0.1, 0.15) is 30.9 Å². The van der Waals surface area contributed by atoms with Crippen molar-refractivity contribution >= 4 is 11.6 Å². The van der Waals surface area contributed by atoms with Crippen LogP contribution < -0.4 is 5.73 Å². The third kappa shape index (κ3) is 3.79. The van der Waals surface area contributed by atoms with E-state index in [-0.39, 0.29) is 6.04 Å². The molecule has 1 aromatic rings. The molecule has 0 radical (unpaired) electrons. The van der Waals surface area contributed by atoms with Gasteiger partial charge in [0.15, 0.2) is 0 Å². The zero-order valence-corrected chi connectivity index (χ0v) is 8.50. The Hall–Kier alpha value is -0.530. The molecule has 0 bridgehead atoms. The first kappa shape index (κ1) is 10.6. The highest BCUT2D eigenvalue weighted by Crippen LogP contribution is 2.15. The fourth-order valence-electron chi connectivity index (χ4n) is 1.33. The van der Waals surface area contributed by atoms with Gasteiger partial charge in [-0.3, -0.25) is 0 Å². The second-order valence-corrected chi connectivity index (χ2v) is 3.58. The van der Waals surface area contributed by atoms with Crippen molar-refractivity contribution < 1.29 is 0 Å². The van der Waals surface area contributed by atoms with Crippen LogP contribution in [0.2, 0.25) is 0 Å². The molecule has 1 rings (SSSR count). The molecule has 0 aromatic heterocycles. The highest BCUT2D eigenvalue weighted by atomic mass is 35.5. The maximum atomic E-state index is 5.99. The zero-order chi connectivity index (χ0) is 9.52. The van der Waals surface area contributed by atoms with E-state index in [9.17, 15) is 0 Å². The molecule has 1 atom stereocenters. The molecule has 13 heavy (non-hydrogen) atoms. The van der Waals surface area contributed by atoms with E-state index in [1.165, 1.54) is 5.56 Å². The minimum Gasteiger partial charge on any atom is -0.324 e. The minimum atomic E-state index is 0.171. The summed E-state index contributed by atoms with van der Waals surface area (Å²) in [5.41, 5.74) is 7.21. The lowest BCUT2D eigenvalue weighted by molar-refractivity contribution is 0.605. The lowest BCUT2D eigenvalue weighted by Gasteiger charge is -2.10. The Morgan fingerprint density at radius 3 is 2.46 bits per heavy atom. The quantitative estimate of drug-likeness (QED) is 0.570. The van der Waals surface area contributed by atoms with Crippen molar-refractivity contribution in [3.63, 3.8) is 0 Å². The van der Waals surface area contributed by atoms with Gasteiger partial charge in [-0.25, -0.2) is 0 Å². The van der Waals surface area contributed by atoms with Crippen molar-refractivity contribution in [1.82, 2.24) is 0 Å². The number of nitrogens with two attached hydrogens (primary N) is 1. The number of hydrogen-bond acceptors (Lipinski definition) is 1. The van der Waals surface area contributed by atoms with Crippen LogP contribution in [0.15, 0.2) is 30.3 Å². The first-order chi connectivity index (χ1) is 6.34. The first-order valence-electron chi connectivity index (χ1n) is 4.71. The fourth-order valence-corrected chi connectivity index (χ4v) is 1.51. The third-order valence-electron chi connectivity index (χ3n) is 2.13. The molecule has 72 valence electrons. The summed E-state index contributed by atoms with van der Waals surface area (Å²) in [6.45, 7) is 0. The number of rotatable bonds is 5. The summed E-state index contributed by atoms with van der Waals surface area (Å²) in [5, 5.41) is 0. The molecule has 2 N–H and O–H groups in total. The van der Waals surface area contributed by atoms with Crippen molar-refractivity contribution in [1.29, 1.82) is 0 Å². The SMILES string of the molecule is NC(CCCCCl)c1ccccc1. The van der Waals surface area contributed by atoms with Gasteiger partial charge in [0, 0.05) is 11.9 Å². The highest BCUT2D eigenvalue weighted by molar-refractivity contribution is 6.17. The molecule has 0 saturated carbocycles. The van der Waals surface area contributed by atoms with Crippen LogP contribution in [-0.2, 0) is 0 Å². The lowest BCUT2D eigenvalue weighted by Crippen LogP contribution is -2.09. The zero-order valence-electron chi connectivity index (χ0n) is 7.75. The Labute approximate surface area is 84.9 Å². The molecular formula is C11H16ClN. The van der Waals surface area contributed by atoms with E-state index in [1.54, 1.807) is 0 Å². The molecule has 0 amide bonds. The van der Waals surface area contributed by atoms with Crippen LogP contribution in [0.25, 0.3) is 0 Å². The molecule has 0 heterocycles. The van der Waals surface area contributed by atoms with Crippen LogP contribution in [-0.4, -0.2) is 5.88 Å². The van der Waals surface area contributed by atoms with E-state index in [1.807, 2.05) is 18.2 Å². The molecule has 2 heteroatoms. The molecule has 1 nitrogen and oxygen atoms in total. The molecule has 1 aromatic carbocycles. The van der Waals surface area contributed by atoms with Gasteiger partial charge in [-0.05, 0) is 18.4 Å². The summed E-state index contributed by atoms with van der Waals surface area (Å²) in [7, 11) is 0. The number of hydrogen-bond donors (Lipinski definition) is 1. The molecule has 0 fully saturated rings. The molecule has 0 aliphatic rings. The van der Waals surface area contributed by atoms with Gasteiger partial charge in [-0.15, -0.1) is 11.6 Å². The van der Waals surface area contributed by atoms with Gasteiger partial charge in [0.05, 0.1) is 0 Å². The van der Waals surface area contributed by atoms with E-state index >= 15 is 0 Å². The maximum absolute atomic E-state index is 5.99. The van der Waals surface area contributed by atoms with Crippen LogP contribution in [0, 0.1) is 0 Å². The maximum Gasteiger partial charge on any atom is 0.0294 e. The molecule has 1 unspecified atom stereocenters. The lowest BCUT2D eigenvalue weighted by atomic mass is 10.0. The van der Waals surface area contributed by atoms with Crippen molar-refractivity contribution in [3.8, 4) is 0 Å². The topological polar surface area (TPSA) is 26.0 Å².